The van der Waals surface area contributed by atoms with Crippen molar-refractivity contribution in [1.29, 1.82) is 0 Å². The van der Waals surface area contributed by atoms with Gasteiger partial charge in [-0.2, -0.15) is 0 Å². The van der Waals surface area contributed by atoms with Gasteiger partial charge in [0.05, 0.1) is 0 Å². The number of ether oxygens (including phenoxy) is 1. The van der Waals surface area contributed by atoms with Crippen molar-refractivity contribution in [2.45, 2.75) is 31.9 Å². The summed E-state index contributed by atoms with van der Waals surface area (Å²) >= 11 is 0. The number of nitrogens with one attached hydrogen (secondary N) is 2. The number of benzene rings is 1. The number of methoxy groups -OCH3 is 1. The second kappa shape index (κ2) is 6.24. The molecule has 1 saturated heterocycles. The van der Waals surface area contributed by atoms with Crippen molar-refractivity contribution in [1.82, 2.24) is 10.3 Å². The van der Waals surface area contributed by atoms with E-state index in [2.05, 4.69) is 15.6 Å². The molecule has 1 amide bonds. The first-order valence-corrected chi connectivity index (χ1v) is 7.16. The molecule has 1 aliphatic rings. The molecule has 2 aromatic rings. The summed E-state index contributed by atoms with van der Waals surface area (Å²) in [4.78, 5) is 16.3. The lowest BCUT2D eigenvalue weighted by molar-refractivity contribution is -0.116. The average molecular weight is 289 g/mol. The van der Waals surface area contributed by atoms with E-state index in [9.17, 15) is 4.79 Å². The molecule has 1 aromatic carbocycles. The molecule has 1 unspecified atom stereocenters. The molecule has 21 heavy (non-hydrogen) atoms. The van der Waals surface area contributed by atoms with E-state index in [1.165, 1.54) is 0 Å². The zero-order valence-electron chi connectivity index (χ0n) is 12.0. The summed E-state index contributed by atoms with van der Waals surface area (Å²) in [6, 6.07) is 5.75. The second-order valence-corrected chi connectivity index (χ2v) is 5.27. The van der Waals surface area contributed by atoms with Crippen molar-refractivity contribution in [3.05, 3.63) is 24.1 Å². The highest BCUT2D eigenvalue weighted by Gasteiger charge is 2.17. The molecular weight excluding hydrogens is 270 g/mol. The van der Waals surface area contributed by atoms with Crippen LogP contribution in [0.5, 0.6) is 0 Å². The number of amides is 1. The largest absolute Gasteiger partial charge is 0.438 e. The fraction of sp³-hybridized carbons (Fsp3) is 0.467. The molecule has 112 valence electrons. The molecule has 0 radical (unpaired) electrons. The van der Waals surface area contributed by atoms with Crippen molar-refractivity contribution < 1.29 is 13.9 Å². The van der Waals surface area contributed by atoms with Crippen LogP contribution in [0.15, 0.2) is 22.6 Å². The number of aromatic nitrogens is 1. The maximum atomic E-state index is 12.0. The lowest BCUT2D eigenvalue weighted by Gasteiger charge is -2.10. The molecule has 0 spiro atoms. The quantitative estimate of drug-likeness (QED) is 0.881. The number of fused-ring (bicyclic) bond motifs is 1. The summed E-state index contributed by atoms with van der Waals surface area (Å²) in [6.45, 7) is 1.34. The number of hydrogen-bond donors (Lipinski definition) is 2. The van der Waals surface area contributed by atoms with E-state index in [4.69, 9.17) is 9.15 Å². The molecule has 1 atom stereocenters. The Labute approximate surface area is 122 Å². The number of oxazole rings is 1. The Kier molecular flexibility index (Phi) is 4.17. The van der Waals surface area contributed by atoms with Crippen LogP contribution in [0.3, 0.4) is 0 Å². The van der Waals surface area contributed by atoms with E-state index in [0.717, 1.165) is 30.6 Å². The maximum absolute atomic E-state index is 12.0. The lowest BCUT2D eigenvalue weighted by atomic mass is 10.1. The fourth-order valence-electron chi connectivity index (χ4n) is 2.60. The smallest absolute Gasteiger partial charge is 0.225 e. The first-order valence-electron chi connectivity index (χ1n) is 7.16. The summed E-state index contributed by atoms with van der Waals surface area (Å²) in [6.07, 6.45) is 2.72. The molecule has 6 nitrogen and oxygen atoms in total. The van der Waals surface area contributed by atoms with Gasteiger partial charge in [0.1, 0.15) is 12.1 Å². The SMILES string of the molecule is COCc1nc2cc(NC(=O)CC3CCCN3)ccc2o1. The Bertz CT molecular complexity index is 632. The van der Waals surface area contributed by atoms with Gasteiger partial charge < -0.3 is 19.8 Å². The van der Waals surface area contributed by atoms with Crippen LogP contribution in [-0.2, 0) is 16.1 Å². The van der Waals surface area contributed by atoms with E-state index in [0.29, 0.717) is 30.5 Å². The lowest BCUT2D eigenvalue weighted by Crippen LogP contribution is -2.27. The Morgan fingerprint density at radius 3 is 3.24 bits per heavy atom. The first-order chi connectivity index (χ1) is 10.2. The van der Waals surface area contributed by atoms with Gasteiger partial charge in [0.15, 0.2) is 5.58 Å². The predicted octanol–water partition coefficient (Wildman–Crippen LogP) is 2.05. The van der Waals surface area contributed by atoms with Crippen molar-refractivity contribution in [3.63, 3.8) is 0 Å². The average Bonchev–Trinajstić information content (AvgIpc) is 3.07. The van der Waals surface area contributed by atoms with Gasteiger partial charge in [-0.25, -0.2) is 4.98 Å². The second-order valence-electron chi connectivity index (χ2n) is 5.27. The highest BCUT2D eigenvalue weighted by atomic mass is 16.5. The van der Waals surface area contributed by atoms with Crippen molar-refractivity contribution in [2.24, 2.45) is 0 Å². The summed E-state index contributed by atoms with van der Waals surface area (Å²) in [5, 5.41) is 6.23. The summed E-state index contributed by atoms with van der Waals surface area (Å²) in [5.74, 6) is 0.556. The molecule has 1 aliphatic heterocycles. The number of hydrogen-bond acceptors (Lipinski definition) is 5. The molecular formula is C15H19N3O3. The van der Waals surface area contributed by atoms with Gasteiger partial charge in [-0.05, 0) is 37.6 Å². The van der Waals surface area contributed by atoms with Gasteiger partial charge in [0.25, 0.3) is 0 Å². The first kappa shape index (κ1) is 14.0. The van der Waals surface area contributed by atoms with Gasteiger partial charge in [0.2, 0.25) is 11.8 Å². The number of carbonyl (C=O) groups excluding carboxylic acids is 1. The maximum Gasteiger partial charge on any atom is 0.225 e. The Hall–Kier alpha value is -1.92. The van der Waals surface area contributed by atoms with Gasteiger partial charge in [-0.3, -0.25) is 4.79 Å². The van der Waals surface area contributed by atoms with Crippen molar-refractivity contribution in [3.8, 4) is 0 Å². The van der Waals surface area contributed by atoms with E-state index in [1.54, 1.807) is 7.11 Å². The molecule has 1 aromatic heterocycles. The molecule has 2 heterocycles. The molecule has 0 bridgehead atoms. The molecule has 1 fully saturated rings. The highest BCUT2D eigenvalue weighted by molar-refractivity contribution is 5.93. The molecule has 0 saturated carbocycles. The van der Waals surface area contributed by atoms with E-state index in [1.807, 2.05) is 18.2 Å². The highest BCUT2D eigenvalue weighted by Crippen LogP contribution is 2.21. The van der Waals surface area contributed by atoms with Gasteiger partial charge in [0, 0.05) is 25.3 Å². The number of nitrogens with zero attached hydrogens (tertiary/aromatic N) is 1. The molecule has 2 N–H and O–H groups in total. The van der Waals surface area contributed by atoms with E-state index < -0.39 is 0 Å². The van der Waals surface area contributed by atoms with Crippen LogP contribution in [0.4, 0.5) is 5.69 Å². The number of rotatable bonds is 5. The molecule has 6 heteroatoms. The van der Waals surface area contributed by atoms with Crippen LogP contribution in [0, 0.1) is 0 Å². The third-order valence-corrected chi connectivity index (χ3v) is 3.58. The third kappa shape index (κ3) is 3.40. The summed E-state index contributed by atoms with van der Waals surface area (Å²) in [5.41, 5.74) is 2.15. The minimum absolute atomic E-state index is 0.0226. The van der Waals surface area contributed by atoms with Crippen LogP contribution in [0.1, 0.15) is 25.2 Å². The molecule has 0 aliphatic carbocycles. The van der Waals surface area contributed by atoms with Gasteiger partial charge in [-0.15, -0.1) is 0 Å². The molecule has 3 rings (SSSR count). The van der Waals surface area contributed by atoms with E-state index in [-0.39, 0.29) is 5.91 Å². The Balaban J connectivity index is 1.67. The summed E-state index contributed by atoms with van der Waals surface area (Å²) < 4.78 is 10.5. The van der Waals surface area contributed by atoms with E-state index >= 15 is 0 Å². The monoisotopic (exact) mass is 289 g/mol. The van der Waals surface area contributed by atoms with Gasteiger partial charge in [-0.1, -0.05) is 0 Å². The van der Waals surface area contributed by atoms with Crippen molar-refractivity contribution >= 4 is 22.7 Å². The predicted molar refractivity (Wildman–Crippen MR) is 79.0 cm³/mol. The van der Waals surface area contributed by atoms with Crippen LogP contribution >= 0.6 is 0 Å². The van der Waals surface area contributed by atoms with Crippen molar-refractivity contribution in [2.75, 3.05) is 19.0 Å². The normalized spacial score (nSPS) is 18.2. The minimum atomic E-state index is 0.0226. The number of anilines is 1. The standard InChI is InChI=1S/C15H19N3O3/c1-20-9-15-18-12-7-11(4-5-13(12)21-15)17-14(19)8-10-3-2-6-16-10/h4-5,7,10,16H,2-3,6,8-9H2,1H3,(H,17,19). The zero-order valence-corrected chi connectivity index (χ0v) is 12.0. The third-order valence-electron chi connectivity index (χ3n) is 3.58. The topological polar surface area (TPSA) is 76.4 Å². The van der Waals surface area contributed by atoms with Gasteiger partial charge >= 0.3 is 0 Å². The number of carbonyl (C=O) groups is 1. The fourth-order valence-corrected chi connectivity index (χ4v) is 2.60. The Morgan fingerprint density at radius 2 is 2.48 bits per heavy atom. The van der Waals surface area contributed by atoms with Crippen LogP contribution in [0.2, 0.25) is 0 Å². The zero-order chi connectivity index (χ0) is 14.7. The summed E-state index contributed by atoms with van der Waals surface area (Å²) in [7, 11) is 1.59. The van der Waals surface area contributed by atoms with Crippen LogP contribution in [-0.4, -0.2) is 30.6 Å². The minimum Gasteiger partial charge on any atom is -0.438 e. The van der Waals surface area contributed by atoms with Crippen LogP contribution < -0.4 is 10.6 Å². The Morgan fingerprint density at radius 1 is 1.57 bits per heavy atom. The van der Waals surface area contributed by atoms with Crippen LogP contribution in [0.25, 0.3) is 11.1 Å².